The van der Waals surface area contributed by atoms with Crippen LogP contribution < -0.4 is 0 Å². The van der Waals surface area contributed by atoms with E-state index < -0.39 is 11.6 Å². The molecule has 0 radical (unpaired) electrons. The lowest BCUT2D eigenvalue weighted by Gasteiger charge is -2.00. The molecule has 70 valence electrons. The molecule has 0 aromatic heterocycles. The molecule has 1 rings (SSSR count). The molecule has 0 bridgehead atoms. The Balaban J connectivity index is 3.13. The van der Waals surface area contributed by atoms with E-state index in [0.717, 1.165) is 6.07 Å². The molecule has 1 nitrogen and oxygen atoms in total. The zero-order chi connectivity index (χ0) is 9.84. The Morgan fingerprint density at radius 3 is 2.62 bits per heavy atom. The van der Waals surface area contributed by atoms with Crippen molar-refractivity contribution in [2.45, 2.75) is 0 Å². The number of hydrogen-bond acceptors (Lipinski definition) is 1. The summed E-state index contributed by atoms with van der Waals surface area (Å²) in [6.45, 7) is -0.177. The van der Waals surface area contributed by atoms with E-state index in [2.05, 4.69) is 15.9 Å². The maximum absolute atomic E-state index is 13.0. The third kappa shape index (κ3) is 2.60. The van der Waals surface area contributed by atoms with Crippen LogP contribution in [-0.4, -0.2) is 11.7 Å². The van der Waals surface area contributed by atoms with E-state index in [1.807, 2.05) is 0 Å². The van der Waals surface area contributed by atoms with Gasteiger partial charge in [0, 0.05) is 16.1 Å². The van der Waals surface area contributed by atoms with Gasteiger partial charge in [0.05, 0.1) is 6.61 Å². The fraction of sp³-hybridized carbons (Fsp3) is 0.111. The molecule has 0 spiro atoms. The molecule has 4 heteroatoms. The number of hydrogen-bond donors (Lipinski definition) is 1. The minimum absolute atomic E-state index is 0.177. The van der Waals surface area contributed by atoms with Gasteiger partial charge in [-0.3, -0.25) is 0 Å². The van der Waals surface area contributed by atoms with E-state index in [1.54, 1.807) is 0 Å². The Bertz CT molecular complexity index is 313. The first-order chi connectivity index (χ1) is 6.15. The van der Waals surface area contributed by atoms with E-state index >= 15 is 0 Å². The average Bonchev–Trinajstić information content (AvgIpc) is 2.02. The lowest BCUT2D eigenvalue weighted by Crippen LogP contribution is -1.87. The van der Waals surface area contributed by atoms with Crippen LogP contribution >= 0.6 is 15.9 Å². The van der Waals surface area contributed by atoms with E-state index in [1.165, 1.54) is 18.2 Å². The van der Waals surface area contributed by atoms with Gasteiger partial charge in [0.15, 0.2) is 0 Å². The normalized spacial score (nSPS) is 11.1. The molecule has 0 saturated heterocycles. The summed E-state index contributed by atoms with van der Waals surface area (Å²) in [7, 11) is 0. The number of aliphatic hydroxyl groups excluding tert-OH is 1. The Hall–Kier alpha value is -0.740. The molecular formula is C9H7BrF2O. The second kappa shape index (κ2) is 4.48. The maximum atomic E-state index is 13.0. The summed E-state index contributed by atoms with van der Waals surface area (Å²) in [5.74, 6) is -1.29. The summed E-state index contributed by atoms with van der Waals surface area (Å²) in [5.41, 5.74) is 0.232. The molecule has 0 unspecified atom stereocenters. The Kier molecular flexibility index (Phi) is 3.57. The topological polar surface area (TPSA) is 20.2 Å². The van der Waals surface area contributed by atoms with Gasteiger partial charge >= 0.3 is 0 Å². The Morgan fingerprint density at radius 2 is 2.08 bits per heavy atom. The van der Waals surface area contributed by atoms with Crippen molar-refractivity contribution >= 4 is 22.0 Å². The van der Waals surface area contributed by atoms with Crippen LogP contribution in [0.2, 0.25) is 0 Å². The highest BCUT2D eigenvalue weighted by Crippen LogP contribution is 2.22. The molecule has 1 aromatic rings. The molecule has 0 fully saturated rings. The van der Waals surface area contributed by atoms with Crippen LogP contribution in [0.25, 0.3) is 6.08 Å². The van der Waals surface area contributed by atoms with E-state index in [0.29, 0.717) is 4.47 Å². The Morgan fingerprint density at radius 1 is 1.38 bits per heavy atom. The third-order valence-corrected chi connectivity index (χ3v) is 2.09. The van der Waals surface area contributed by atoms with Gasteiger partial charge in [0.1, 0.15) is 11.6 Å². The summed E-state index contributed by atoms with van der Waals surface area (Å²) in [5, 5.41) is 8.47. The minimum atomic E-state index is -0.656. The third-order valence-electron chi connectivity index (χ3n) is 1.43. The van der Waals surface area contributed by atoms with Crippen molar-refractivity contribution in [3.8, 4) is 0 Å². The standard InChI is InChI=1S/C9H7BrF2O/c10-8-4-6(11)5-9(12)7(8)2-1-3-13/h1-2,4-5,13H,3H2. The first-order valence-corrected chi connectivity index (χ1v) is 4.36. The number of aliphatic hydroxyl groups is 1. The zero-order valence-electron chi connectivity index (χ0n) is 6.60. The van der Waals surface area contributed by atoms with Crippen LogP contribution in [0.3, 0.4) is 0 Å². The van der Waals surface area contributed by atoms with E-state index in [4.69, 9.17) is 5.11 Å². The van der Waals surface area contributed by atoms with Crippen molar-refractivity contribution in [2.75, 3.05) is 6.61 Å². The fourth-order valence-electron chi connectivity index (χ4n) is 0.883. The number of halogens is 3. The van der Waals surface area contributed by atoms with Gasteiger partial charge in [0.25, 0.3) is 0 Å². The van der Waals surface area contributed by atoms with Gasteiger partial charge in [-0.2, -0.15) is 0 Å². The molecule has 1 aromatic carbocycles. The molecule has 0 aliphatic heterocycles. The summed E-state index contributed by atoms with van der Waals surface area (Å²) < 4.78 is 25.9. The van der Waals surface area contributed by atoms with Crippen LogP contribution in [0.1, 0.15) is 5.56 Å². The van der Waals surface area contributed by atoms with E-state index in [9.17, 15) is 8.78 Å². The second-order valence-electron chi connectivity index (χ2n) is 2.37. The SMILES string of the molecule is OCC=Cc1c(F)cc(F)cc1Br. The van der Waals surface area contributed by atoms with Gasteiger partial charge in [0.2, 0.25) is 0 Å². The van der Waals surface area contributed by atoms with Crippen LogP contribution in [0, 0.1) is 11.6 Å². The molecule has 0 atom stereocenters. The first-order valence-electron chi connectivity index (χ1n) is 3.57. The van der Waals surface area contributed by atoms with Gasteiger partial charge in [-0.1, -0.05) is 12.2 Å². The van der Waals surface area contributed by atoms with Crippen LogP contribution in [-0.2, 0) is 0 Å². The monoisotopic (exact) mass is 248 g/mol. The maximum Gasteiger partial charge on any atom is 0.134 e. The number of rotatable bonds is 2. The molecule has 0 saturated carbocycles. The van der Waals surface area contributed by atoms with Crippen LogP contribution in [0.15, 0.2) is 22.7 Å². The highest BCUT2D eigenvalue weighted by Gasteiger charge is 2.05. The molecule has 13 heavy (non-hydrogen) atoms. The van der Waals surface area contributed by atoms with Crippen molar-refractivity contribution in [3.05, 3.63) is 39.9 Å². The molecular weight excluding hydrogens is 242 g/mol. The minimum Gasteiger partial charge on any atom is -0.392 e. The predicted molar refractivity (Wildman–Crippen MR) is 50.2 cm³/mol. The van der Waals surface area contributed by atoms with Crippen LogP contribution in [0.4, 0.5) is 8.78 Å². The predicted octanol–water partition coefficient (Wildman–Crippen LogP) is 2.73. The van der Waals surface area contributed by atoms with Gasteiger partial charge < -0.3 is 5.11 Å². The summed E-state index contributed by atoms with van der Waals surface area (Å²) in [6, 6.07) is 1.96. The first kappa shape index (κ1) is 10.3. The van der Waals surface area contributed by atoms with Gasteiger partial charge in [-0.05, 0) is 22.0 Å². The van der Waals surface area contributed by atoms with Gasteiger partial charge in [-0.25, -0.2) is 8.78 Å². The largest absolute Gasteiger partial charge is 0.392 e. The molecule has 0 amide bonds. The summed E-state index contributed by atoms with van der Waals surface area (Å²) in [6.07, 6.45) is 2.76. The lowest BCUT2D eigenvalue weighted by atomic mass is 10.2. The zero-order valence-corrected chi connectivity index (χ0v) is 8.18. The fourth-order valence-corrected chi connectivity index (χ4v) is 1.42. The summed E-state index contributed by atoms with van der Waals surface area (Å²) in [4.78, 5) is 0. The molecule has 1 N–H and O–H groups in total. The Labute approximate surface area is 82.8 Å². The van der Waals surface area contributed by atoms with Gasteiger partial charge in [-0.15, -0.1) is 0 Å². The van der Waals surface area contributed by atoms with Crippen molar-refractivity contribution in [1.29, 1.82) is 0 Å². The number of benzene rings is 1. The van der Waals surface area contributed by atoms with Crippen molar-refractivity contribution < 1.29 is 13.9 Å². The molecule has 0 aliphatic rings. The van der Waals surface area contributed by atoms with Crippen molar-refractivity contribution in [1.82, 2.24) is 0 Å². The van der Waals surface area contributed by atoms with Crippen LogP contribution in [0.5, 0.6) is 0 Å². The van der Waals surface area contributed by atoms with Crippen molar-refractivity contribution in [2.24, 2.45) is 0 Å². The highest BCUT2D eigenvalue weighted by atomic mass is 79.9. The second-order valence-corrected chi connectivity index (χ2v) is 3.22. The quantitative estimate of drug-likeness (QED) is 0.854. The molecule has 0 heterocycles. The van der Waals surface area contributed by atoms with E-state index in [-0.39, 0.29) is 12.2 Å². The molecule has 0 aliphatic carbocycles. The van der Waals surface area contributed by atoms with Crippen molar-refractivity contribution in [3.63, 3.8) is 0 Å². The summed E-state index contributed by atoms with van der Waals surface area (Å²) >= 11 is 3.02. The smallest absolute Gasteiger partial charge is 0.134 e. The highest BCUT2D eigenvalue weighted by molar-refractivity contribution is 9.10. The lowest BCUT2D eigenvalue weighted by molar-refractivity contribution is 0.343. The average molecular weight is 249 g/mol.